The number of carbonyl (C=O) groups excluding carboxylic acids is 1. The number of nitrogens with zero attached hydrogens (tertiary/aromatic N) is 1. The fourth-order valence-electron chi connectivity index (χ4n) is 2.65. The van der Waals surface area contributed by atoms with Gasteiger partial charge in [-0.05, 0) is 45.3 Å². The van der Waals surface area contributed by atoms with Crippen LogP contribution in [-0.4, -0.2) is 57.2 Å². The van der Waals surface area contributed by atoms with Gasteiger partial charge in [0.15, 0.2) is 0 Å². The maximum absolute atomic E-state index is 11.6. The van der Waals surface area contributed by atoms with E-state index in [1.165, 1.54) is 0 Å². The summed E-state index contributed by atoms with van der Waals surface area (Å²) < 4.78 is 5.29. The topological polar surface area (TPSA) is 67.6 Å². The maximum atomic E-state index is 11.6. The quantitative estimate of drug-likeness (QED) is 0.683. The smallest absolute Gasteiger partial charge is 0.222 e. The molecule has 0 saturated carbocycles. The van der Waals surface area contributed by atoms with Crippen LogP contribution in [0.5, 0.6) is 0 Å². The molecule has 0 spiro atoms. The predicted molar refractivity (Wildman–Crippen MR) is 72.3 cm³/mol. The molecular weight excluding hydrogens is 230 g/mol. The van der Waals surface area contributed by atoms with Crippen LogP contribution in [-0.2, 0) is 9.53 Å². The molecule has 1 amide bonds. The Morgan fingerprint density at radius 1 is 1.50 bits per heavy atom. The molecule has 1 atom stereocenters. The van der Waals surface area contributed by atoms with E-state index in [4.69, 9.17) is 10.5 Å². The lowest BCUT2D eigenvalue weighted by atomic mass is 9.94. The second-order valence-electron chi connectivity index (χ2n) is 4.96. The third-order valence-corrected chi connectivity index (χ3v) is 3.76. The van der Waals surface area contributed by atoms with Gasteiger partial charge in [-0.1, -0.05) is 0 Å². The van der Waals surface area contributed by atoms with Crippen molar-refractivity contribution in [2.24, 2.45) is 11.7 Å². The molecule has 5 nitrogen and oxygen atoms in total. The van der Waals surface area contributed by atoms with Gasteiger partial charge in [-0.15, -0.1) is 0 Å². The van der Waals surface area contributed by atoms with Crippen LogP contribution in [0.3, 0.4) is 0 Å². The summed E-state index contributed by atoms with van der Waals surface area (Å²) in [7, 11) is 3.45. The van der Waals surface area contributed by atoms with E-state index in [1.807, 2.05) is 0 Å². The van der Waals surface area contributed by atoms with Gasteiger partial charge in [-0.3, -0.25) is 9.69 Å². The van der Waals surface area contributed by atoms with Crippen LogP contribution in [0.2, 0.25) is 0 Å². The molecule has 1 aliphatic rings. The summed E-state index contributed by atoms with van der Waals surface area (Å²) in [5.74, 6) is 0.365. The Hall–Kier alpha value is -0.650. The van der Waals surface area contributed by atoms with Gasteiger partial charge < -0.3 is 15.8 Å². The summed E-state index contributed by atoms with van der Waals surface area (Å²) in [6.07, 6.45) is 4.00. The fraction of sp³-hybridized carbons (Fsp3) is 0.923. The van der Waals surface area contributed by atoms with E-state index >= 15 is 0 Å². The number of hydrogen-bond donors (Lipinski definition) is 2. The summed E-state index contributed by atoms with van der Waals surface area (Å²) in [5, 5.41) is 2.74. The number of methoxy groups -OCH3 is 1. The van der Waals surface area contributed by atoms with E-state index in [0.717, 1.165) is 51.9 Å². The normalized spacial score (nSPS) is 19.7. The van der Waals surface area contributed by atoms with Crippen LogP contribution < -0.4 is 11.1 Å². The zero-order valence-corrected chi connectivity index (χ0v) is 11.7. The van der Waals surface area contributed by atoms with E-state index in [2.05, 4.69) is 10.2 Å². The summed E-state index contributed by atoms with van der Waals surface area (Å²) in [6.45, 7) is 3.45. The molecule has 3 N–H and O–H groups in total. The minimum Gasteiger partial charge on any atom is -0.383 e. The molecule has 0 aromatic carbocycles. The monoisotopic (exact) mass is 257 g/mol. The summed E-state index contributed by atoms with van der Waals surface area (Å²) in [5.41, 5.74) is 5.57. The predicted octanol–water partition coefficient (Wildman–Crippen LogP) is 0.198. The number of nitrogens with two attached hydrogens (primary N) is 1. The molecule has 0 radical (unpaired) electrons. The lowest BCUT2D eigenvalue weighted by Gasteiger charge is -2.36. The first-order chi connectivity index (χ1) is 8.72. The van der Waals surface area contributed by atoms with Crippen molar-refractivity contribution < 1.29 is 9.53 Å². The van der Waals surface area contributed by atoms with Crippen LogP contribution in [0.1, 0.15) is 25.7 Å². The Morgan fingerprint density at radius 3 is 2.67 bits per heavy atom. The van der Waals surface area contributed by atoms with Crippen LogP contribution in [0, 0.1) is 5.92 Å². The zero-order chi connectivity index (χ0) is 13.4. The average molecular weight is 257 g/mol. The highest BCUT2D eigenvalue weighted by atomic mass is 16.5. The standard InChI is InChI=1S/C13H27N3O2/c1-15-13(17)11-5-8-16(9-6-11)12(10-18-2)4-3-7-14/h11-12H,3-10,14H2,1-2H3,(H,15,17). The average Bonchev–Trinajstić information content (AvgIpc) is 2.43. The van der Waals surface area contributed by atoms with E-state index in [9.17, 15) is 4.79 Å². The van der Waals surface area contributed by atoms with Gasteiger partial charge >= 0.3 is 0 Å². The number of hydrogen-bond acceptors (Lipinski definition) is 4. The van der Waals surface area contributed by atoms with Crippen molar-refractivity contribution in [1.29, 1.82) is 0 Å². The molecule has 1 rings (SSSR count). The zero-order valence-electron chi connectivity index (χ0n) is 11.7. The van der Waals surface area contributed by atoms with Crippen LogP contribution >= 0.6 is 0 Å². The highest BCUT2D eigenvalue weighted by Gasteiger charge is 2.27. The lowest BCUT2D eigenvalue weighted by molar-refractivity contribution is -0.126. The van der Waals surface area contributed by atoms with Gasteiger partial charge in [0, 0.05) is 26.1 Å². The molecule has 0 bridgehead atoms. The SMILES string of the molecule is CNC(=O)C1CCN(C(CCCN)COC)CC1. The largest absolute Gasteiger partial charge is 0.383 e. The minimum absolute atomic E-state index is 0.180. The molecule has 0 aromatic rings. The van der Waals surface area contributed by atoms with Crippen molar-refractivity contribution in [3.05, 3.63) is 0 Å². The Kier molecular flexibility index (Phi) is 7.23. The number of carbonyl (C=O) groups is 1. The lowest BCUT2D eigenvalue weighted by Crippen LogP contribution is -2.46. The molecule has 1 fully saturated rings. The Balaban J connectivity index is 2.40. The van der Waals surface area contributed by atoms with Crippen LogP contribution in [0.4, 0.5) is 0 Å². The Bertz CT molecular complexity index is 240. The van der Waals surface area contributed by atoms with Crippen molar-refractivity contribution >= 4 is 5.91 Å². The summed E-state index contributed by atoms with van der Waals surface area (Å²) >= 11 is 0. The van der Waals surface area contributed by atoms with Crippen molar-refractivity contribution in [3.63, 3.8) is 0 Å². The first kappa shape index (κ1) is 15.4. The van der Waals surface area contributed by atoms with Crippen molar-refractivity contribution in [2.75, 3.05) is 40.4 Å². The van der Waals surface area contributed by atoms with Gasteiger partial charge in [0.1, 0.15) is 0 Å². The van der Waals surface area contributed by atoms with E-state index < -0.39 is 0 Å². The highest BCUT2D eigenvalue weighted by molar-refractivity contribution is 5.78. The molecule has 106 valence electrons. The van der Waals surface area contributed by atoms with Gasteiger partial charge in [0.2, 0.25) is 5.91 Å². The number of likely N-dealkylation sites (tertiary alicyclic amines) is 1. The molecule has 1 unspecified atom stereocenters. The van der Waals surface area contributed by atoms with Gasteiger partial charge in [0.25, 0.3) is 0 Å². The fourth-order valence-corrected chi connectivity index (χ4v) is 2.65. The first-order valence-corrected chi connectivity index (χ1v) is 6.87. The van der Waals surface area contributed by atoms with Gasteiger partial charge in [-0.2, -0.15) is 0 Å². The second-order valence-corrected chi connectivity index (χ2v) is 4.96. The molecule has 5 heteroatoms. The number of piperidine rings is 1. The van der Waals surface area contributed by atoms with Crippen molar-refractivity contribution in [2.45, 2.75) is 31.7 Å². The third kappa shape index (κ3) is 4.55. The third-order valence-electron chi connectivity index (χ3n) is 3.76. The van der Waals surface area contributed by atoms with E-state index in [1.54, 1.807) is 14.2 Å². The summed E-state index contributed by atoms with van der Waals surface area (Å²) in [6, 6.07) is 0.448. The second kappa shape index (κ2) is 8.45. The number of amides is 1. The molecule has 0 aliphatic carbocycles. The molecule has 1 saturated heterocycles. The maximum Gasteiger partial charge on any atom is 0.222 e. The summed E-state index contributed by atoms with van der Waals surface area (Å²) in [4.78, 5) is 14.0. The molecule has 1 aliphatic heterocycles. The number of rotatable bonds is 7. The van der Waals surface area contributed by atoms with Gasteiger partial charge in [0.05, 0.1) is 6.61 Å². The first-order valence-electron chi connectivity index (χ1n) is 6.87. The Labute approximate surface area is 110 Å². The minimum atomic E-state index is 0.180. The van der Waals surface area contributed by atoms with E-state index in [0.29, 0.717) is 6.04 Å². The van der Waals surface area contributed by atoms with Crippen molar-refractivity contribution in [3.8, 4) is 0 Å². The molecular formula is C13H27N3O2. The molecule has 0 aromatic heterocycles. The van der Waals surface area contributed by atoms with E-state index in [-0.39, 0.29) is 11.8 Å². The van der Waals surface area contributed by atoms with Crippen LogP contribution in [0.25, 0.3) is 0 Å². The van der Waals surface area contributed by atoms with Gasteiger partial charge in [-0.25, -0.2) is 0 Å². The van der Waals surface area contributed by atoms with Crippen molar-refractivity contribution in [1.82, 2.24) is 10.2 Å². The number of nitrogens with one attached hydrogen (secondary N) is 1. The Morgan fingerprint density at radius 2 is 2.17 bits per heavy atom. The highest BCUT2D eigenvalue weighted by Crippen LogP contribution is 2.20. The van der Waals surface area contributed by atoms with Crippen LogP contribution in [0.15, 0.2) is 0 Å². The molecule has 1 heterocycles. The molecule has 18 heavy (non-hydrogen) atoms. The number of ether oxygens (including phenoxy) is 1.